The summed E-state index contributed by atoms with van der Waals surface area (Å²) in [7, 11) is 2.11. The number of hydrogen-bond donors (Lipinski definition) is 1. The van der Waals surface area contributed by atoms with Gasteiger partial charge in [0.05, 0.1) is 18.8 Å². The maximum atomic E-state index is 11.4. The summed E-state index contributed by atoms with van der Waals surface area (Å²) < 4.78 is 5.51. The van der Waals surface area contributed by atoms with E-state index in [9.17, 15) is 9.90 Å². The summed E-state index contributed by atoms with van der Waals surface area (Å²) in [5.41, 5.74) is 0.549. The third-order valence-electron chi connectivity index (χ3n) is 6.78. The highest BCUT2D eigenvalue weighted by Gasteiger charge is 2.24. The van der Waals surface area contributed by atoms with Gasteiger partial charge in [0.15, 0.2) is 0 Å². The fourth-order valence-corrected chi connectivity index (χ4v) is 4.81. The molecular weight excluding hydrogens is 408 g/mol. The lowest BCUT2D eigenvalue weighted by Gasteiger charge is -2.33. The SMILES string of the molecule is CN1CCN(c2cncc(-c3noc(C(CCCC4CCCCC4)CC(=O)O)n3)n2)CC1. The van der Waals surface area contributed by atoms with Crippen molar-refractivity contribution in [3.05, 3.63) is 18.3 Å². The van der Waals surface area contributed by atoms with E-state index in [1.165, 1.54) is 32.1 Å². The molecule has 1 aliphatic heterocycles. The molecule has 2 aromatic heterocycles. The van der Waals surface area contributed by atoms with Crippen molar-refractivity contribution in [2.24, 2.45) is 5.92 Å². The van der Waals surface area contributed by atoms with Gasteiger partial charge in [0, 0.05) is 32.1 Å². The van der Waals surface area contributed by atoms with Gasteiger partial charge < -0.3 is 19.4 Å². The summed E-state index contributed by atoms with van der Waals surface area (Å²) in [5, 5.41) is 13.5. The Balaban J connectivity index is 1.41. The molecule has 0 amide bonds. The van der Waals surface area contributed by atoms with Gasteiger partial charge in [-0.1, -0.05) is 50.1 Å². The number of carboxylic acid groups (broad SMARTS) is 1. The van der Waals surface area contributed by atoms with Crippen LogP contribution in [-0.4, -0.2) is 69.3 Å². The van der Waals surface area contributed by atoms with Crippen molar-refractivity contribution in [3.63, 3.8) is 0 Å². The molecular formula is C23H34N6O3. The maximum Gasteiger partial charge on any atom is 0.304 e. The van der Waals surface area contributed by atoms with Gasteiger partial charge in [-0.25, -0.2) is 4.98 Å². The molecule has 1 saturated carbocycles. The van der Waals surface area contributed by atoms with Gasteiger partial charge >= 0.3 is 5.97 Å². The molecule has 0 radical (unpaired) electrons. The Morgan fingerprint density at radius 2 is 1.94 bits per heavy atom. The van der Waals surface area contributed by atoms with Gasteiger partial charge in [-0.2, -0.15) is 4.98 Å². The number of nitrogens with zero attached hydrogens (tertiary/aromatic N) is 6. The van der Waals surface area contributed by atoms with Crippen molar-refractivity contribution in [2.45, 2.75) is 63.7 Å². The first-order chi connectivity index (χ1) is 15.6. The molecule has 4 rings (SSSR count). The predicted octanol–water partition coefficient (Wildman–Crippen LogP) is 3.59. The van der Waals surface area contributed by atoms with Crippen LogP contribution in [0.15, 0.2) is 16.9 Å². The predicted molar refractivity (Wildman–Crippen MR) is 120 cm³/mol. The van der Waals surface area contributed by atoms with Crippen molar-refractivity contribution < 1.29 is 14.4 Å². The van der Waals surface area contributed by atoms with Crippen molar-refractivity contribution in [1.82, 2.24) is 25.0 Å². The average molecular weight is 443 g/mol. The molecule has 9 nitrogen and oxygen atoms in total. The lowest BCUT2D eigenvalue weighted by molar-refractivity contribution is -0.137. The minimum atomic E-state index is -0.843. The van der Waals surface area contributed by atoms with E-state index in [0.717, 1.165) is 57.2 Å². The summed E-state index contributed by atoms with van der Waals surface area (Å²) in [6.07, 6.45) is 12.9. The van der Waals surface area contributed by atoms with Crippen LogP contribution in [0.5, 0.6) is 0 Å². The lowest BCUT2D eigenvalue weighted by atomic mass is 9.84. The van der Waals surface area contributed by atoms with Crippen LogP contribution in [0.3, 0.4) is 0 Å². The molecule has 2 aliphatic rings. The molecule has 174 valence electrons. The molecule has 1 atom stereocenters. The normalized spacial score (nSPS) is 19.2. The van der Waals surface area contributed by atoms with E-state index in [4.69, 9.17) is 9.51 Å². The standard InChI is InChI=1S/C23H34N6O3/c1-28-10-12-29(13-11-28)20-16-24-15-19(25-20)22-26-23(32-27-22)18(14-21(30)31)9-5-8-17-6-3-2-4-7-17/h15-18H,2-14H2,1H3,(H,30,31). The Labute approximate surface area is 189 Å². The minimum Gasteiger partial charge on any atom is -0.481 e. The summed E-state index contributed by atoms with van der Waals surface area (Å²) >= 11 is 0. The summed E-state index contributed by atoms with van der Waals surface area (Å²) in [5.74, 6) is 1.22. The zero-order chi connectivity index (χ0) is 22.3. The molecule has 1 aliphatic carbocycles. The minimum absolute atomic E-state index is 0.000681. The number of carboxylic acids is 1. The topological polar surface area (TPSA) is 108 Å². The smallest absolute Gasteiger partial charge is 0.304 e. The van der Waals surface area contributed by atoms with Gasteiger partial charge in [0.25, 0.3) is 0 Å². The highest BCUT2D eigenvalue weighted by Crippen LogP contribution is 2.31. The number of hydrogen-bond acceptors (Lipinski definition) is 8. The van der Waals surface area contributed by atoms with E-state index in [2.05, 4.69) is 32.0 Å². The number of rotatable bonds is 9. The second-order valence-corrected chi connectivity index (χ2v) is 9.24. The molecule has 1 N–H and O–H groups in total. The zero-order valence-corrected chi connectivity index (χ0v) is 18.9. The van der Waals surface area contributed by atoms with Gasteiger partial charge in [-0.05, 0) is 19.4 Å². The first kappa shape index (κ1) is 22.6. The molecule has 2 aromatic rings. The number of carbonyl (C=O) groups is 1. The van der Waals surface area contributed by atoms with Crippen LogP contribution in [0.25, 0.3) is 11.5 Å². The third kappa shape index (κ3) is 6.03. The summed E-state index contributed by atoms with van der Waals surface area (Å²) in [4.78, 5) is 29.5. The van der Waals surface area contributed by atoms with E-state index in [0.29, 0.717) is 17.4 Å². The first-order valence-electron chi connectivity index (χ1n) is 11.9. The summed E-state index contributed by atoms with van der Waals surface area (Å²) in [6.45, 7) is 3.76. The molecule has 0 bridgehead atoms. The Bertz CT molecular complexity index is 874. The van der Waals surface area contributed by atoms with Crippen molar-refractivity contribution in [1.29, 1.82) is 0 Å². The number of aromatic nitrogens is 4. The Hall–Kier alpha value is -2.55. The second-order valence-electron chi connectivity index (χ2n) is 9.24. The number of piperazine rings is 1. The monoisotopic (exact) mass is 442 g/mol. The van der Waals surface area contributed by atoms with Gasteiger partial charge in [0.2, 0.25) is 11.7 Å². The van der Waals surface area contributed by atoms with E-state index in [-0.39, 0.29) is 12.3 Å². The van der Waals surface area contributed by atoms with Crippen molar-refractivity contribution in [3.8, 4) is 11.5 Å². The fraction of sp³-hybridized carbons (Fsp3) is 0.696. The molecule has 9 heteroatoms. The lowest BCUT2D eigenvalue weighted by Crippen LogP contribution is -2.44. The molecule has 32 heavy (non-hydrogen) atoms. The Morgan fingerprint density at radius 1 is 1.16 bits per heavy atom. The van der Waals surface area contributed by atoms with Gasteiger partial charge in [0.1, 0.15) is 11.5 Å². The summed E-state index contributed by atoms with van der Waals surface area (Å²) in [6, 6.07) is 0. The molecule has 1 saturated heterocycles. The van der Waals surface area contributed by atoms with Crippen molar-refractivity contribution in [2.75, 3.05) is 38.1 Å². The Morgan fingerprint density at radius 3 is 2.69 bits per heavy atom. The highest BCUT2D eigenvalue weighted by molar-refractivity contribution is 5.67. The van der Waals surface area contributed by atoms with Crippen LogP contribution in [0, 0.1) is 5.92 Å². The van der Waals surface area contributed by atoms with Crippen LogP contribution in [0.1, 0.15) is 69.6 Å². The fourth-order valence-electron chi connectivity index (χ4n) is 4.81. The number of anilines is 1. The van der Waals surface area contributed by atoms with Crippen LogP contribution < -0.4 is 4.90 Å². The largest absolute Gasteiger partial charge is 0.481 e. The molecule has 1 unspecified atom stereocenters. The first-order valence-corrected chi connectivity index (χ1v) is 11.9. The Kier molecular flexibility index (Phi) is 7.68. The highest BCUT2D eigenvalue weighted by atomic mass is 16.5. The van der Waals surface area contributed by atoms with Gasteiger partial charge in [-0.3, -0.25) is 9.78 Å². The number of aliphatic carboxylic acids is 1. The van der Waals surface area contributed by atoms with Gasteiger partial charge in [-0.15, -0.1) is 0 Å². The van der Waals surface area contributed by atoms with E-state index >= 15 is 0 Å². The third-order valence-corrected chi connectivity index (χ3v) is 6.78. The molecule has 2 fully saturated rings. The van der Waals surface area contributed by atoms with Crippen LogP contribution in [0.4, 0.5) is 5.82 Å². The maximum absolute atomic E-state index is 11.4. The second kappa shape index (κ2) is 10.8. The quantitative estimate of drug-likeness (QED) is 0.623. The van der Waals surface area contributed by atoms with Crippen LogP contribution in [0.2, 0.25) is 0 Å². The van der Waals surface area contributed by atoms with E-state index < -0.39 is 5.97 Å². The van der Waals surface area contributed by atoms with Crippen molar-refractivity contribution >= 4 is 11.8 Å². The molecule has 0 spiro atoms. The number of likely N-dealkylation sites (N-methyl/N-ethyl adjacent to an activating group) is 1. The van der Waals surface area contributed by atoms with Crippen LogP contribution in [-0.2, 0) is 4.79 Å². The molecule has 0 aromatic carbocycles. The van der Waals surface area contributed by atoms with E-state index in [1.807, 2.05) is 0 Å². The molecule has 3 heterocycles. The van der Waals surface area contributed by atoms with E-state index in [1.54, 1.807) is 12.4 Å². The zero-order valence-electron chi connectivity index (χ0n) is 18.9. The average Bonchev–Trinajstić information content (AvgIpc) is 3.30. The van der Waals surface area contributed by atoms with Crippen LogP contribution >= 0.6 is 0 Å².